The third kappa shape index (κ3) is 3.32. The van der Waals surface area contributed by atoms with Crippen LogP contribution in [-0.2, 0) is 4.79 Å². The maximum atomic E-state index is 13.5. The summed E-state index contributed by atoms with van der Waals surface area (Å²) >= 11 is 0. The number of carbonyl (C=O) groups excluding carboxylic acids is 1. The van der Waals surface area contributed by atoms with Gasteiger partial charge in [-0.15, -0.1) is 0 Å². The molecule has 1 saturated carbocycles. The Bertz CT molecular complexity index is 1180. The molecule has 3 unspecified atom stereocenters. The van der Waals surface area contributed by atoms with E-state index in [4.69, 9.17) is 19.2 Å². The van der Waals surface area contributed by atoms with Crippen LogP contribution in [0.5, 0.6) is 17.2 Å². The highest BCUT2D eigenvalue weighted by atomic mass is 16.5. The van der Waals surface area contributed by atoms with Crippen LogP contribution in [-0.4, -0.2) is 47.6 Å². The Labute approximate surface area is 185 Å². The van der Waals surface area contributed by atoms with Gasteiger partial charge in [0.05, 0.1) is 33.3 Å². The summed E-state index contributed by atoms with van der Waals surface area (Å²) in [6, 6.07) is 13.3. The van der Waals surface area contributed by atoms with Gasteiger partial charge in [0.1, 0.15) is 17.9 Å². The van der Waals surface area contributed by atoms with E-state index in [2.05, 4.69) is 10.1 Å². The highest BCUT2D eigenvalue weighted by molar-refractivity contribution is 6.10. The van der Waals surface area contributed by atoms with E-state index in [9.17, 15) is 4.79 Å². The van der Waals surface area contributed by atoms with E-state index in [1.54, 1.807) is 26.0 Å². The van der Waals surface area contributed by atoms with Gasteiger partial charge in [-0.25, -0.2) is 9.67 Å². The second kappa shape index (κ2) is 8.11. The summed E-state index contributed by atoms with van der Waals surface area (Å²) in [6.45, 7) is 0. The van der Waals surface area contributed by atoms with Gasteiger partial charge >= 0.3 is 0 Å². The van der Waals surface area contributed by atoms with Crippen LogP contribution >= 0.6 is 0 Å². The summed E-state index contributed by atoms with van der Waals surface area (Å²) in [4.78, 5) is 22.6. The molecule has 2 aliphatic rings. The summed E-state index contributed by atoms with van der Waals surface area (Å²) in [5.41, 5.74) is 2.86. The molecule has 2 aromatic carbocycles. The molecule has 0 amide bonds. The molecule has 32 heavy (non-hydrogen) atoms. The second-order valence-electron chi connectivity index (χ2n) is 7.99. The number of carbonyl (C=O) groups is 1. The summed E-state index contributed by atoms with van der Waals surface area (Å²) < 4.78 is 17.9. The third-order valence-corrected chi connectivity index (χ3v) is 6.32. The van der Waals surface area contributed by atoms with E-state index < -0.39 is 0 Å². The standard InChI is InChI=1S/C24H24N4O4/c1-30-17-7-4-14(5-8-17)23-22-18(27-24-25-13-26-28(23)24)10-16(11-19(22)29)15-6-9-20(31-2)21(12-15)32-3/h4-9,12-13,16,22-23H,10-11H2,1-3H3. The molecule has 8 heteroatoms. The molecule has 0 spiro atoms. The van der Waals surface area contributed by atoms with Crippen molar-refractivity contribution in [3.05, 3.63) is 59.9 Å². The second-order valence-corrected chi connectivity index (χ2v) is 7.99. The first-order valence-electron chi connectivity index (χ1n) is 10.5. The highest BCUT2D eigenvalue weighted by Crippen LogP contribution is 2.44. The smallest absolute Gasteiger partial charge is 0.248 e. The molecule has 0 bridgehead atoms. The molecule has 1 aliphatic carbocycles. The maximum absolute atomic E-state index is 13.5. The van der Waals surface area contributed by atoms with Crippen LogP contribution in [0, 0.1) is 5.92 Å². The number of nitrogens with zero attached hydrogens (tertiary/aromatic N) is 4. The van der Waals surface area contributed by atoms with Gasteiger partial charge in [-0.1, -0.05) is 18.2 Å². The molecule has 1 fully saturated rings. The fourth-order valence-corrected chi connectivity index (χ4v) is 4.75. The number of aromatic nitrogens is 3. The van der Waals surface area contributed by atoms with Crippen molar-refractivity contribution in [2.45, 2.75) is 24.8 Å². The van der Waals surface area contributed by atoms with Gasteiger partial charge in [0.25, 0.3) is 0 Å². The van der Waals surface area contributed by atoms with Crippen molar-refractivity contribution < 1.29 is 19.0 Å². The molecule has 5 rings (SSSR count). The minimum atomic E-state index is -0.367. The number of aliphatic imine (C=N–C) groups is 1. The van der Waals surface area contributed by atoms with Crippen LogP contribution in [0.2, 0.25) is 0 Å². The SMILES string of the molecule is COc1ccc(C2C3C(=O)CC(c4ccc(OC)c(OC)c4)CC3=Nc3ncnn32)cc1. The Morgan fingerprint density at radius 3 is 2.38 bits per heavy atom. The van der Waals surface area contributed by atoms with E-state index in [0.29, 0.717) is 30.3 Å². The number of hydrogen-bond donors (Lipinski definition) is 0. The summed E-state index contributed by atoms with van der Waals surface area (Å²) in [7, 11) is 4.86. The van der Waals surface area contributed by atoms with Crippen LogP contribution in [0.25, 0.3) is 0 Å². The van der Waals surface area contributed by atoms with E-state index in [1.165, 1.54) is 6.33 Å². The number of ketones is 1. The van der Waals surface area contributed by atoms with Gasteiger partial charge in [-0.3, -0.25) is 4.79 Å². The van der Waals surface area contributed by atoms with Gasteiger partial charge < -0.3 is 14.2 Å². The lowest BCUT2D eigenvalue weighted by Gasteiger charge is -2.37. The zero-order valence-electron chi connectivity index (χ0n) is 18.2. The summed E-state index contributed by atoms with van der Waals surface area (Å²) in [6.07, 6.45) is 2.59. The largest absolute Gasteiger partial charge is 0.497 e. The van der Waals surface area contributed by atoms with Crippen molar-refractivity contribution in [1.82, 2.24) is 14.8 Å². The Morgan fingerprint density at radius 1 is 0.906 bits per heavy atom. The molecule has 2 heterocycles. The van der Waals surface area contributed by atoms with E-state index in [1.807, 2.05) is 42.5 Å². The fraction of sp³-hybridized carbons (Fsp3) is 0.333. The molecule has 0 N–H and O–H groups in total. The van der Waals surface area contributed by atoms with E-state index in [-0.39, 0.29) is 23.7 Å². The number of hydrogen-bond acceptors (Lipinski definition) is 7. The average molecular weight is 432 g/mol. The molecule has 1 aromatic heterocycles. The van der Waals surface area contributed by atoms with Crippen LogP contribution < -0.4 is 14.2 Å². The molecule has 3 aromatic rings. The topological polar surface area (TPSA) is 87.8 Å². The molecule has 8 nitrogen and oxygen atoms in total. The van der Waals surface area contributed by atoms with Crippen molar-refractivity contribution in [3.63, 3.8) is 0 Å². The zero-order chi connectivity index (χ0) is 22.2. The lowest BCUT2D eigenvalue weighted by molar-refractivity contribution is -0.122. The van der Waals surface area contributed by atoms with Crippen molar-refractivity contribution in [2.75, 3.05) is 21.3 Å². The number of Topliss-reactive ketones (excluding diaryl/α,β-unsaturated/α-hetero) is 1. The number of ether oxygens (including phenoxy) is 3. The number of fused-ring (bicyclic) bond motifs is 2. The van der Waals surface area contributed by atoms with Gasteiger partial charge in [-0.2, -0.15) is 10.1 Å². The number of rotatable bonds is 5. The maximum Gasteiger partial charge on any atom is 0.248 e. The molecular formula is C24H24N4O4. The van der Waals surface area contributed by atoms with E-state index in [0.717, 1.165) is 22.6 Å². The summed E-state index contributed by atoms with van der Waals surface area (Å²) in [5, 5.41) is 4.39. The minimum Gasteiger partial charge on any atom is -0.497 e. The van der Waals surface area contributed by atoms with Crippen LogP contribution in [0.3, 0.4) is 0 Å². The van der Waals surface area contributed by atoms with Crippen LogP contribution in [0.1, 0.15) is 35.9 Å². The van der Waals surface area contributed by atoms with Gasteiger partial charge in [-0.05, 0) is 47.7 Å². The molecule has 164 valence electrons. The van der Waals surface area contributed by atoms with Crippen molar-refractivity contribution in [1.29, 1.82) is 0 Å². The minimum absolute atomic E-state index is 0.0169. The highest BCUT2D eigenvalue weighted by Gasteiger charge is 2.44. The Kier molecular flexibility index (Phi) is 5.13. The molecule has 3 atom stereocenters. The monoisotopic (exact) mass is 432 g/mol. The normalized spacial score (nSPS) is 21.9. The first-order chi connectivity index (χ1) is 15.6. The Morgan fingerprint density at radius 2 is 1.66 bits per heavy atom. The lowest BCUT2D eigenvalue weighted by atomic mass is 9.72. The van der Waals surface area contributed by atoms with Crippen molar-refractivity contribution >= 4 is 17.4 Å². The first kappa shape index (κ1) is 20.2. The number of methoxy groups -OCH3 is 3. The zero-order valence-corrected chi connectivity index (χ0v) is 18.2. The average Bonchev–Trinajstić information content (AvgIpc) is 3.30. The third-order valence-electron chi connectivity index (χ3n) is 6.32. The van der Waals surface area contributed by atoms with Crippen LogP contribution in [0.15, 0.2) is 53.8 Å². The number of benzene rings is 2. The van der Waals surface area contributed by atoms with E-state index >= 15 is 0 Å². The van der Waals surface area contributed by atoms with Gasteiger partial charge in [0.15, 0.2) is 11.5 Å². The van der Waals surface area contributed by atoms with Gasteiger partial charge in [0.2, 0.25) is 5.95 Å². The van der Waals surface area contributed by atoms with Crippen LogP contribution in [0.4, 0.5) is 5.95 Å². The Hall–Kier alpha value is -3.68. The molecule has 0 saturated heterocycles. The summed E-state index contributed by atoms with van der Waals surface area (Å²) in [5.74, 6) is 2.41. The van der Waals surface area contributed by atoms with Crippen molar-refractivity contribution in [3.8, 4) is 17.2 Å². The predicted molar refractivity (Wildman–Crippen MR) is 118 cm³/mol. The fourth-order valence-electron chi connectivity index (χ4n) is 4.75. The van der Waals surface area contributed by atoms with Gasteiger partial charge in [0, 0.05) is 12.1 Å². The molecular weight excluding hydrogens is 408 g/mol. The molecule has 0 radical (unpaired) electrons. The lowest BCUT2D eigenvalue weighted by Crippen LogP contribution is -2.41. The van der Waals surface area contributed by atoms with Crippen molar-refractivity contribution in [2.24, 2.45) is 10.9 Å². The Balaban J connectivity index is 1.52. The molecule has 1 aliphatic heterocycles. The quantitative estimate of drug-likeness (QED) is 0.610. The first-order valence-corrected chi connectivity index (χ1v) is 10.5. The predicted octanol–water partition coefficient (Wildman–Crippen LogP) is 3.74.